The smallest absolute Gasteiger partial charge is 0.335 e. The van der Waals surface area contributed by atoms with Gasteiger partial charge < -0.3 is 10.2 Å². The molecule has 0 bridgehead atoms. The Hall–Kier alpha value is -2.39. The first-order valence-electron chi connectivity index (χ1n) is 7.35. The van der Waals surface area contributed by atoms with Crippen molar-refractivity contribution in [2.75, 3.05) is 0 Å². The van der Waals surface area contributed by atoms with Crippen LogP contribution in [0.4, 0.5) is 0 Å². The van der Waals surface area contributed by atoms with Crippen molar-refractivity contribution in [3.8, 4) is 0 Å². The molecule has 0 saturated heterocycles. The average molecular weight is 296 g/mol. The maximum Gasteiger partial charge on any atom is 0.335 e. The van der Waals surface area contributed by atoms with Crippen LogP contribution in [0.2, 0.25) is 0 Å². The number of hydrogen-bond donors (Lipinski definition) is 2. The summed E-state index contributed by atoms with van der Waals surface area (Å²) in [7, 11) is 0. The second kappa shape index (κ2) is 8.15. The van der Waals surface area contributed by atoms with Crippen molar-refractivity contribution in [2.45, 2.75) is 24.9 Å². The molecule has 3 rings (SSSR count). The Kier molecular flexibility index (Phi) is 5.92. The molecular formula is C19H20O3. The molecule has 0 radical (unpaired) electrons. The summed E-state index contributed by atoms with van der Waals surface area (Å²) in [6, 6.07) is 18.7. The van der Waals surface area contributed by atoms with E-state index in [2.05, 4.69) is 30.3 Å². The highest BCUT2D eigenvalue weighted by Crippen LogP contribution is 2.28. The van der Waals surface area contributed by atoms with Crippen LogP contribution >= 0.6 is 0 Å². The average Bonchev–Trinajstić information content (AvgIpc) is 2.57. The molecule has 22 heavy (non-hydrogen) atoms. The SMILES string of the molecule is O=C(O)c1ccccc1.O[C@@H]1C=CC[C@H](c2ccccc2)C1. The van der Waals surface area contributed by atoms with E-state index in [4.69, 9.17) is 5.11 Å². The van der Waals surface area contributed by atoms with Gasteiger partial charge in [0.15, 0.2) is 0 Å². The number of aliphatic hydroxyl groups is 1. The monoisotopic (exact) mass is 296 g/mol. The van der Waals surface area contributed by atoms with Crippen molar-refractivity contribution in [2.24, 2.45) is 0 Å². The third-order valence-electron chi connectivity index (χ3n) is 3.60. The number of carboxylic acids is 1. The van der Waals surface area contributed by atoms with Gasteiger partial charge in [-0.3, -0.25) is 0 Å². The fourth-order valence-electron chi connectivity index (χ4n) is 2.44. The third-order valence-corrected chi connectivity index (χ3v) is 3.60. The van der Waals surface area contributed by atoms with Gasteiger partial charge in [0.25, 0.3) is 0 Å². The predicted octanol–water partition coefficient (Wildman–Crippen LogP) is 3.87. The lowest BCUT2D eigenvalue weighted by Gasteiger charge is -2.21. The van der Waals surface area contributed by atoms with Crippen molar-refractivity contribution >= 4 is 5.97 Å². The summed E-state index contributed by atoms with van der Waals surface area (Å²) in [5, 5.41) is 17.8. The Morgan fingerprint density at radius 2 is 1.55 bits per heavy atom. The summed E-state index contributed by atoms with van der Waals surface area (Å²) in [5.41, 5.74) is 1.67. The van der Waals surface area contributed by atoms with Gasteiger partial charge >= 0.3 is 5.97 Å². The molecule has 0 aliphatic heterocycles. The van der Waals surface area contributed by atoms with Crippen LogP contribution < -0.4 is 0 Å². The summed E-state index contributed by atoms with van der Waals surface area (Å²) in [4.78, 5) is 10.2. The molecule has 3 nitrogen and oxygen atoms in total. The van der Waals surface area contributed by atoms with Crippen LogP contribution in [0.25, 0.3) is 0 Å². The zero-order valence-electron chi connectivity index (χ0n) is 12.3. The van der Waals surface area contributed by atoms with E-state index in [1.165, 1.54) is 5.56 Å². The minimum absolute atomic E-state index is 0.251. The molecule has 0 heterocycles. The van der Waals surface area contributed by atoms with Gasteiger partial charge in [0.1, 0.15) is 0 Å². The zero-order valence-corrected chi connectivity index (χ0v) is 12.3. The Morgan fingerprint density at radius 1 is 0.955 bits per heavy atom. The molecule has 114 valence electrons. The highest BCUT2D eigenvalue weighted by Gasteiger charge is 2.16. The summed E-state index contributed by atoms with van der Waals surface area (Å²) in [6.45, 7) is 0. The second-order valence-electron chi connectivity index (χ2n) is 5.25. The van der Waals surface area contributed by atoms with Crippen LogP contribution in [0.5, 0.6) is 0 Å². The maximum absolute atomic E-state index is 10.2. The van der Waals surface area contributed by atoms with Gasteiger partial charge in [0.2, 0.25) is 0 Å². The number of rotatable bonds is 2. The van der Waals surface area contributed by atoms with Gasteiger partial charge in [-0.15, -0.1) is 0 Å². The second-order valence-corrected chi connectivity index (χ2v) is 5.25. The van der Waals surface area contributed by atoms with Gasteiger partial charge in [0, 0.05) is 0 Å². The molecule has 1 aliphatic carbocycles. The molecule has 0 aromatic heterocycles. The lowest BCUT2D eigenvalue weighted by atomic mass is 9.87. The number of carbonyl (C=O) groups is 1. The first kappa shape index (κ1) is 16.0. The summed E-state index contributed by atoms with van der Waals surface area (Å²) in [6.07, 6.45) is 5.63. The van der Waals surface area contributed by atoms with Crippen LogP contribution in [0.15, 0.2) is 72.8 Å². The zero-order chi connectivity index (χ0) is 15.8. The van der Waals surface area contributed by atoms with Gasteiger partial charge in [-0.25, -0.2) is 4.79 Å². The Labute approximate surface area is 130 Å². The number of hydrogen-bond acceptors (Lipinski definition) is 2. The maximum atomic E-state index is 10.2. The van der Waals surface area contributed by atoms with Gasteiger partial charge in [-0.2, -0.15) is 0 Å². The van der Waals surface area contributed by atoms with E-state index in [1.807, 2.05) is 12.1 Å². The van der Waals surface area contributed by atoms with Crippen LogP contribution in [0, 0.1) is 0 Å². The molecule has 2 atom stereocenters. The quantitative estimate of drug-likeness (QED) is 0.827. The number of aliphatic hydroxyl groups excluding tert-OH is 1. The van der Waals surface area contributed by atoms with Crippen molar-refractivity contribution in [1.29, 1.82) is 0 Å². The molecule has 2 aromatic rings. The van der Waals surface area contributed by atoms with Crippen molar-refractivity contribution in [1.82, 2.24) is 0 Å². The van der Waals surface area contributed by atoms with Crippen LogP contribution in [0.1, 0.15) is 34.7 Å². The molecule has 0 amide bonds. The fourth-order valence-corrected chi connectivity index (χ4v) is 2.44. The first-order chi connectivity index (χ1) is 10.7. The van der Waals surface area contributed by atoms with Crippen molar-refractivity contribution in [3.63, 3.8) is 0 Å². The molecule has 1 aliphatic rings. The number of aromatic carboxylic acids is 1. The molecule has 2 N–H and O–H groups in total. The van der Waals surface area contributed by atoms with Crippen LogP contribution in [0.3, 0.4) is 0 Å². The molecule has 0 saturated carbocycles. The van der Waals surface area contributed by atoms with E-state index in [9.17, 15) is 9.90 Å². The minimum Gasteiger partial charge on any atom is -0.478 e. The van der Waals surface area contributed by atoms with Crippen LogP contribution in [-0.4, -0.2) is 22.3 Å². The molecule has 2 aromatic carbocycles. The molecular weight excluding hydrogens is 276 g/mol. The topological polar surface area (TPSA) is 57.5 Å². The first-order valence-corrected chi connectivity index (χ1v) is 7.35. The number of carboxylic acid groups (broad SMARTS) is 1. The van der Waals surface area contributed by atoms with E-state index < -0.39 is 5.97 Å². The third kappa shape index (κ3) is 4.86. The van der Waals surface area contributed by atoms with Crippen molar-refractivity contribution < 1.29 is 15.0 Å². The lowest BCUT2D eigenvalue weighted by Crippen LogP contribution is -2.13. The summed E-state index contributed by atoms with van der Waals surface area (Å²) >= 11 is 0. The van der Waals surface area contributed by atoms with E-state index in [-0.39, 0.29) is 6.10 Å². The number of benzene rings is 2. The van der Waals surface area contributed by atoms with Gasteiger partial charge in [0.05, 0.1) is 11.7 Å². The molecule has 3 heteroatoms. The Morgan fingerprint density at radius 3 is 2.05 bits per heavy atom. The van der Waals surface area contributed by atoms with Gasteiger partial charge in [-0.05, 0) is 36.5 Å². The lowest BCUT2D eigenvalue weighted by molar-refractivity contribution is 0.0697. The predicted molar refractivity (Wildman–Crippen MR) is 87.0 cm³/mol. The highest BCUT2D eigenvalue weighted by molar-refractivity contribution is 5.87. The Balaban J connectivity index is 0.000000172. The van der Waals surface area contributed by atoms with E-state index in [0.29, 0.717) is 11.5 Å². The van der Waals surface area contributed by atoms with Crippen LogP contribution in [-0.2, 0) is 0 Å². The Bertz CT molecular complexity index is 605. The molecule has 0 spiro atoms. The van der Waals surface area contributed by atoms with Crippen molar-refractivity contribution in [3.05, 3.63) is 83.9 Å². The normalized spacial score (nSPS) is 19.9. The standard InChI is InChI=1S/C12H14O.C7H6O2/c13-12-8-4-7-11(9-12)10-5-2-1-3-6-10;8-7(9)6-4-2-1-3-5-6/h1-6,8,11-13H,7,9H2;1-5H,(H,8,9)/t11-,12+;/m0./s1. The summed E-state index contributed by atoms with van der Waals surface area (Å²) in [5.74, 6) is -0.378. The summed E-state index contributed by atoms with van der Waals surface area (Å²) < 4.78 is 0. The molecule has 0 fully saturated rings. The highest BCUT2D eigenvalue weighted by atomic mass is 16.4. The van der Waals surface area contributed by atoms with E-state index >= 15 is 0 Å². The largest absolute Gasteiger partial charge is 0.478 e. The molecule has 0 unspecified atom stereocenters. The fraction of sp³-hybridized carbons (Fsp3) is 0.211. The van der Waals surface area contributed by atoms with Gasteiger partial charge in [-0.1, -0.05) is 60.7 Å². The van der Waals surface area contributed by atoms with E-state index in [1.54, 1.807) is 30.3 Å². The minimum atomic E-state index is -0.879. The number of allylic oxidation sites excluding steroid dienone is 1. The van der Waals surface area contributed by atoms with E-state index in [0.717, 1.165) is 12.8 Å².